The fourth-order valence-electron chi connectivity index (χ4n) is 0.862. The predicted molar refractivity (Wildman–Crippen MR) is 83.2 cm³/mol. The molecule has 6 nitrogen and oxygen atoms in total. The molecular weight excluding hydrogens is 272 g/mol. The molecule has 0 aromatic carbocycles. The van der Waals surface area contributed by atoms with Crippen LogP contribution in [0.2, 0.25) is 0 Å². The molecule has 0 atom stereocenters. The second-order valence-electron chi connectivity index (χ2n) is 4.30. The Labute approximate surface area is 126 Å². The Kier molecular flexibility index (Phi) is 17.9. The maximum absolute atomic E-state index is 10.7. The minimum atomic E-state index is -0.481. The molecule has 0 spiro atoms. The van der Waals surface area contributed by atoms with Gasteiger partial charge in [-0.05, 0) is 46.4 Å². The number of primary amides is 1. The van der Waals surface area contributed by atoms with Gasteiger partial charge >= 0.3 is 0 Å². The molecule has 2 N–H and O–H groups in total. The number of carbonyl (C=O) groups excluding carboxylic acids is 4. The van der Waals surface area contributed by atoms with E-state index in [9.17, 15) is 19.2 Å². The third-order valence-corrected chi connectivity index (χ3v) is 1.53. The van der Waals surface area contributed by atoms with E-state index in [2.05, 4.69) is 18.9 Å². The molecule has 0 aliphatic carbocycles. The van der Waals surface area contributed by atoms with Crippen LogP contribution in [0, 0.1) is 0 Å². The molecule has 21 heavy (non-hydrogen) atoms. The summed E-state index contributed by atoms with van der Waals surface area (Å²) in [5, 5.41) is 0. The van der Waals surface area contributed by atoms with E-state index in [1.807, 2.05) is 0 Å². The van der Waals surface area contributed by atoms with Crippen LogP contribution < -0.4 is 5.73 Å². The number of likely N-dealkylation sites (tertiary alicyclic amines) is 1. The van der Waals surface area contributed by atoms with Crippen LogP contribution in [-0.4, -0.2) is 34.8 Å². The maximum atomic E-state index is 10.7. The van der Waals surface area contributed by atoms with E-state index in [1.54, 1.807) is 11.1 Å². The Morgan fingerprint density at radius 3 is 1.52 bits per heavy atom. The summed E-state index contributed by atoms with van der Waals surface area (Å²) in [5.41, 5.74) is 4.53. The van der Waals surface area contributed by atoms with Crippen molar-refractivity contribution in [2.45, 2.75) is 40.5 Å². The molecule has 1 rings (SSSR count). The SMILES string of the molecule is C=CC(N)=O.C=CN1CCCC1=O.CC(C)=O.CC(C)=O. The highest BCUT2D eigenvalue weighted by molar-refractivity contribution is 5.85. The summed E-state index contributed by atoms with van der Waals surface area (Å²) in [5.74, 6) is 0.0602. The van der Waals surface area contributed by atoms with Crippen molar-refractivity contribution in [1.82, 2.24) is 4.90 Å². The molecular formula is C15H26N2O4. The molecule has 2 amide bonds. The molecule has 6 heteroatoms. The topological polar surface area (TPSA) is 97.5 Å². The number of hydrogen-bond donors (Lipinski definition) is 1. The molecule has 0 aromatic heterocycles. The van der Waals surface area contributed by atoms with Crippen molar-refractivity contribution >= 4 is 23.4 Å². The largest absolute Gasteiger partial charge is 0.366 e. The van der Waals surface area contributed by atoms with Gasteiger partial charge in [-0.15, -0.1) is 0 Å². The molecule has 0 unspecified atom stereocenters. The number of nitrogens with two attached hydrogens (primary N) is 1. The Morgan fingerprint density at radius 1 is 1.10 bits per heavy atom. The Morgan fingerprint density at radius 2 is 1.43 bits per heavy atom. The predicted octanol–water partition coefficient (Wildman–Crippen LogP) is 1.60. The lowest BCUT2D eigenvalue weighted by Gasteiger charge is -2.05. The van der Waals surface area contributed by atoms with E-state index in [0.717, 1.165) is 19.0 Å². The molecule has 0 aromatic rings. The Balaban J connectivity index is -0.000000219. The fraction of sp³-hybridized carbons (Fsp3) is 0.467. The van der Waals surface area contributed by atoms with E-state index in [1.165, 1.54) is 27.7 Å². The van der Waals surface area contributed by atoms with Crippen molar-refractivity contribution in [1.29, 1.82) is 0 Å². The Bertz CT molecular complexity index is 356. The van der Waals surface area contributed by atoms with Crippen LogP contribution in [0.3, 0.4) is 0 Å². The number of carbonyl (C=O) groups is 4. The van der Waals surface area contributed by atoms with Crippen molar-refractivity contribution < 1.29 is 19.2 Å². The quantitative estimate of drug-likeness (QED) is 0.783. The molecule has 0 radical (unpaired) electrons. The van der Waals surface area contributed by atoms with E-state index >= 15 is 0 Å². The van der Waals surface area contributed by atoms with Crippen LogP contribution in [0.25, 0.3) is 0 Å². The third-order valence-electron chi connectivity index (χ3n) is 1.53. The molecule has 1 fully saturated rings. The lowest BCUT2D eigenvalue weighted by Crippen LogP contribution is -2.16. The summed E-state index contributed by atoms with van der Waals surface area (Å²) >= 11 is 0. The van der Waals surface area contributed by atoms with Gasteiger partial charge in [-0.25, -0.2) is 0 Å². The average molecular weight is 298 g/mol. The van der Waals surface area contributed by atoms with Crippen LogP contribution in [-0.2, 0) is 19.2 Å². The zero-order chi connectivity index (χ0) is 17.4. The van der Waals surface area contributed by atoms with Gasteiger partial charge in [0.15, 0.2) is 0 Å². The smallest absolute Gasteiger partial charge is 0.240 e. The highest BCUT2D eigenvalue weighted by Crippen LogP contribution is 2.08. The minimum Gasteiger partial charge on any atom is -0.366 e. The van der Waals surface area contributed by atoms with Gasteiger partial charge in [-0.3, -0.25) is 9.59 Å². The normalized spacial score (nSPS) is 11.4. The monoisotopic (exact) mass is 298 g/mol. The molecule has 1 aliphatic rings. The number of ketones is 2. The fourth-order valence-corrected chi connectivity index (χ4v) is 0.862. The summed E-state index contributed by atoms with van der Waals surface area (Å²) in [6, 6.07) is 0. The van der Waals surface area contributed by atoms with Gasteiger partial charge in [0, 0.05) is 13.0 Å². The number of nitrogens with zero attached hydrogens (tertiary/aromatic N) is 1. The molecule has 120 valence electrons. The second kappa shape index (κ2) is 15.8. The summed E-state index contributed by atoms with van der Waals surface area (Å²) < 4.78 is 0. The highest BCUT2D eigenvalue weighted by Gasteiger charge is 2.15. The van der Waals surface area contributed by atoms with Crippen LogP contribution in [0.5, 0.6) is 0 Å². The van der Waals surface area contributed by atoms with Crippen molar-refractivity contribution in [3.63, 3.8) is 0 Å². The lowest BCUT2D eigenvalue weighted by molar-refractivity contribution is -0.125. The lowest BCUT2D eigenvalue weighted by atomic mass is 10.4. The third kappa shape index (κ3) is 31.9. The van der Waals surface area contributed by atoms with Gasteiger partial charge in [-0.2, -0.15) is 0 Å². The summed E-state index contributed by atoms with van der Waals surface area (Å²) in [7, 11) is 0. The van der Waals surface area contributed by atoms with Gasteiger partial charge < -0.3 is 20.2 Å². The molecule has 1 heterocycles. The van der Waals surface area contributed by atoms with Crippen LogP contribution in [0.4, 0.5) is 0 Å². The molecule has 1 saturated heterocycles. The number of rotatable bonds is 2. The Hall–Kier alpha value is -2.24. The molecule has 1 aliphatic heterocycles. The van der Waals surface area contributed by atoms with E-state index in [-0.39, 0.29) is 17.5 Å². The van der Waals surface area contributed by atoms with Crippen molar-refractivity contribution in [3.05, 3.63) is 25.4 Å². The number of amides is 2. The van der Waals surface area contributed by atoms with Crippen molar-refractivity contribution in [2.75, 3.05) is 6.54 Å². The summed E-state index contributed by atoms with van der Waals surface area (Å²) in [6.07, 6.45) is 4.34. The first kappa shape index (κ1) is 23.8. The summed E-state index contributed by atoms with van der Waals surface area (Å²) in [4.78, 5) is 40.7. The van der Waals surface area contributed by atoms with Crippen LogP contribution in [0.1, 0.15) is 40.5 Å². The van der Waals surface area contributed by atoms with Crippen LogP contribution >= 0.6 is 0 Å². The molecule has 0 bridgehead atoms. The zero-order valence-electron chi connectivity index (χ0n) is 13.3. The van der Waals surface area contributed by atoms with Crippen molar-refractivity contribution in [2.24, 2.45) is 5.73 Å². The highest BCUT2D eigenvalue weighted by atomic mass is 16.2. The van der Waals surface area contributed by atoms with Gasteiger partial charge in [-0.1, -0.05) is 13.2 Å². The van der Waals surface area contributed by atoms with Gasteiger partial charge in [0.25, 0.3) is 0 Å². The van der Waals surface area contributed by atoms with E-state index < -0.39 is 5.91 Å². The van der Waals surface area contributed by atoms with E-state index in [0.29, 0.717) is 6.42 Å². The number of hydrogen-bond acceptors (Lipinski definition) is 4. The summed E-state index contributed by atoms with van der Waals surface area (Å²) in [6.45, 7) is 13.6. The van der Waals surface area contributed by atoms with Gasteiger partial charge in [0.1, 0.15) is 11.6 Å². The first-order valence-electron chi connectivity index (χ1n) is 6.36. The zero-order valence-corrected chi connectivity index (χ0v) is 13.3. The van der Waals surface area contributed by atoms with Gasteiger partial charge in [0.2, 0.25) is 11.8 Å². The second-order valence-corrected chi connectivity index (χ2v) is 4.30. The molecule has 0 saturated carbocycles. The minimum absolute atomic E-state index is 0.167. The average Bonchev–Trinajstić information content (AvgIpc) is 2.74. The van der Waals surface area contributed by atoms with Gasteiger partial charge in [0.05, 0.1) is 0 Å². The number of Topliss-reactive ketones (excluding diaryl/α,β-unsaturated/α-hetero) is 2. The van der Waals surface area contributed by atoms with E-state index in [4.69, 9.17) is 0 Å². The first-order valence-corrected chi connectivity index (χ1v) is 6.36. The van der Waals surface area contributed by atoms with Crippen LogP contribution in [0.15, 0.2) is 25.4 Å². The standard InChI is InChI=1S/C6H9NO.C3H5NO.2C3H6O/c1-2-7-5-3-4-6(7)8;1-2-3(4)5;2*1-3(2)4/h2H,1,3-5H2;2H,1H2,(H2,4,5);2*1-2H3. The maximum Gasteiger partial charge on any atom is 0.240 e. The van der Waals surface area contributed by atoms with Crippen molar-refractivity contribution in [3.8, 4) is 0 Å². The first-order chi connectivity index (χ1) is 9.58.